The van der Waals surface area contributed by atoms with Crippen molar-refractivity contribution >= 4 is 17.4 Å². The van der Waals surface area contributed by atoms with Gasteiger partial charge in [0.1, 0.15) is 5.75 Å². The first kappa shape index (κ1) is 23.2. The van der Waals surface area contributed by atoms with Crippen molar-refractivity contribution in [2.24, 2.45) is 0 Å². The zero-order valence-electron chi connectivity index (χ0n) is 19.8. The second-order valence-corrected chi connectivity index (χ2v) is 10.1. The fraction of sp³-hybridized carbons (Fsp3) is 0.462. The lowest BCUT2D eigenvalue weighted by Gasteiger charge is -2.36. The number of benzene rings is 2. The predicted molar refractivity (Wildman–Crippen MR) is 138 cm³/mol. The highest BCUT2D eigenvalue weighted by molar-refractivity contribution is 7.98. The van der Waals surface area contributed by atoms with E-state index in [4.69, 9.17) is 9.15 Å². The molecule has 2 aromatic carbocycles. The topological polar surface area (TPSA) is 57.9 Å². The summed E-state index contributed by atoms with van der Waals surface area (Å²) in [6.45, 7) is 7.61. The molecule has 0 aliphatic carbocycles. The van der Waals surface area contributed by atoms with Crippen molar-refractivity contribution in [1.82, 2.24) is 20.0 Å². The molecule has 2 aliphatic heterocycles. The quantitative estimate of drug-likeness (QED) is 0.429. The fourth-order valence-electron chi connectivity index (χ4n) is 4.60. The number of hydrogen-bond donors (Lipinski definition) is 0. The first-order valence-corrected chi connectivity index (χ1v) is 13.3. The molecule has 1 atom stereocenters. The van der Waals surface area contributed by atoms with E-state index in [2.05, 4.69) is 56.2 Å². The van der Waals surface area contributed by atoms with E-state index in [0.29, 0.717) is 30.2 Å². The summed E-state index contributed by atoms with van der Waals surface area (Å²) >= 11 is 1.73. The summed E-state index contributed by atoms with van der Waals surface area (Å²) in [5, 5.41) is 8.47. The van der Waals surface area contributed by atoms with E-state index in [1.165, 1.54) is 38.3 Å². The van der Waals surface area contributed by atoms with Gasteiger partial charge in [0.25, 0.3) is 0 Å². The van der Waals surface area contributed by atoms with Crippen LogP contribution in [0.2, 0.25) is 0 Å². The van der Waals surface area contributed by atoms with Gasteiger partial charge in [-0.05, 0) is 49.9 Å². The molecule has 1 aromatic heterocycles. The number of para-hydroxylation sites is 1. The molecule has 0 saturated carbocycles. The van der Waals surface area contributed by atoms with E-state index in [9.17, 15) is 0 Å². The third kappa shape index (κ3) is 5.92. The molecule has 0 radical (unpaired) electrons. The van der Waals surface area contributed by atoms with Gasteiger partial charge >= 0.3 is 0 Å². The summed E-state index contributed by atoms with van der Waals surface area (Å²) in [6, 6.07) is 19.1. The Morgan fingerprint density at radius 1 is 0.971 bits per heavy atom. The molecule has 1 unspecified atom stereocenters. The highest BCUT2D eigenvalue weighted by atomic mass is 32.2. The monoisotopic (exact) mass is 479 g/mol. The summed E-state index contributed by atoms with van der Waals surface area (Å²) in [7, 11) is 2.22. The van der Waals surface area contributed by atoms with Gasteiger partial charge < -0.3 is 19.0 Å². The van der Waals surface area contributed by atoms with Crippen molar-refractivity contribution in [1.29, 1.82) is 0 Å². The number of likely N-dealkylation sites (N-methyl/N-ethyl adjacent to an activating group) is 1. The Kier molecular flexibility index (Phi) is 7.68. The molecule has 2 aliphatic rings. The molecule has 0 amide bonds. The number of piperazine rings is 1. The highest BCUT2D eigenvalue weighted by Gasteiger charge is 2.29. The Hall–Kier alpha value is -2.55. The van der Waals surface area contributed by atoms with Crippen LogP contribution in [0.25, 0.3) is 11.5 Å². The number of thioether (sulfide) groups is 1. The van der Waals surface area contributed by atoms with Gasteiger partial charge in [-0.15, -0.1) is 22.0 Å². The van der Waals surface area contributed by atoms with Gasteiger partial charge in [0.2, 0.25) is 11.8 Å². The van der Waals surface area contributed by atoms with Gasteiger partial charge in [-0.3, -0.25) is 4.90 Å². The normalized spacial score (nSPS) is 19.6. The average molecular weight is 480 g/mol. The predicted octanol–water partition coefficient (Wildman–Crippen LogP) is 3.87. The van der Waals surface area contributed by atoms with E-state index >= 15 is 0 Å². The van der Waals surface area contributed by atoms with Gasteiger partial charge in [0, 0.05) is 62.3 Å². The van der Waals surface area contributed by atoms with Crippen molar-refractivity contribution in [3.05, 3.63) is 60.5 Å². The molecular formula is C26H33N5O2S. The van der Waals surface area contributed by atoms with E-state index in [1.807, 2.05) is 30.3 Å². The summed E-state index contributed by atoms with van der Waals surface area (Å²) in [6.07, 6.45) is 1.24. The molecule has 8 heteroatoms. The molecule has 0 bridgehead atoms. The van der Waals surface area contributed by atoms with E-state index in [0.717, 1.165) is 30.2 Å². The van der Waals surface area contributed by atoms with Gasteiger partial charge in [0.05, 0.1) is 12.4 Å². The number of anilines is 1. The molecule has 5 rings (SSSR count). The highest BCUT2D eigenvalue weighted by Crippen LogP contribution is 2.27. The average Bonchev–Trinajstić information content (AvgIpc) is 3.56. The Bertz CT molecular complexity index is 1020. The minimum atomic E-state index is 0.583. The minimum Gasteiger partial charge on any atom is -0.493 e. The van der Waals surface area contributed by atoms with Crippen LogP contribution in [0.4, 0.5) is 5.69 Å². The number of rotatable bonds is 9. The van der Waals surface area contributed by atoms with Crippen molar-refractivity contribution in [2.75, 3.05) is 63.6 Å². The zero-order valence-corrected chi connectivity index (χ0v) is 20.6. The second kappa shape index (κ2) is 11.3. The largest absolute Gasteiger partial charge is 0.493 e. The zero-order chi connectivity index (χ0) is 23.2. The molecular weight excluding hydrogens is 446 g/mol. The Balaban J connectivity index is 1.08. The van der Waals surface area contributed by atoms with Gasteiger partial charge in [-0.25, -0.2) is 0 Å². The van der Waals surface area contributed by atoms with Crippen LogP contribution in [0.5, 0.6) is 5.75 Å². The molecule has 0 N–H and O–H groups in total. The summed E-state index contributed by atoms with van der Waals surface area (Å²) in [4.78, 5) is 7.59. The first-order chi connectivity index (χ1) is 16.7. The SMILES string of the molecule is CN1CCN(C2CCN(c3ccc(-c4nnc(CSCCOc5ccccc5)o4)cc3)C2)CC1. The van der Waals surface area contributed by atoms with E-state index in [-0.39, 0.29) is 0 Å². The van der Waals surface area contributed by atoms with Crippen LogP contribution < -0.4 is 9.64 Å². The number of hydrogen-bond acceptors (Lipinski definition) is 8. The van der Waals surface area contributed by atoms with Crippen molar-refractivity contribution in [3.8, 4) is 17.2 Å². The molecule has 2 saturated heterocycles. The molecule has 3 aromatic rings. The number of aromatic nitrogens is 2. The minimum absolute atomic E-state index is 0.583. The summed E-state index contributed by atoms with van der Waals surface area (Å²) in [5.41, 5.74) is 2.24. The van der Waals surface area contributed by atoms with Crippen molar-refractivity contribution in [3.63, 3.8) is 0 Å². The van der Waals surface area contributed by atoms with Crippen LogP contribution in [-0.4, -0.2) is 84.7 Å². The molecule has 0 spiro atoms. The van der Waals surface area contributed by atoms with Gasteiger partial charge in [-0.1, -0.05) is 18.2 Å². The molecule has 7 nitrogen and oxygen atoms in total. The lowest BCUT2D eigenvalue weighted by atomic mass is 10.2. The maximum Gasteiger partial charge on any atom is 0.247 e. The van der Waals surface area contributed by atoms with Gasteiger partial charge in [0.15, 0.2) is 0 Å². The molecule has 2 fully saturated rings. The van der Waals surface area contributed by atoms with Crippen molar-refractivity contribution in [2.45, 2.75) is 18.2 Å². The third-order valence-electron chi connectivity index (χ3n) is 6.63. The summed E-state index contributed by atoms with van der Waals surface area (Å²) < 4.78 is 11.6. The lowest BCUT2D eigenvalue weighted by Crippen LogP contribution is -2.49. The third-order valence-corrected chi connectivity index (χ3v) is 7.54. The standard InChI is InChI=1S/C26H33N5O2S/c1-29-13-15-30(16-14-29)23-11-12-31(19-23)22-9-7-21(8-10-22)26-28-27-25(33-26)20-34-18-17-32-24-5-3-2-4-6-24/h2-10,23H,11-20H2,1H3. The maximum absolute atomic E-state index is 5.90. The van der Waals surface area contributed by atoms with Crippen LogP contribution in [-0.2, 0) is 5.75 Å². The van der Waals surface area contributed by atoms with Crippen LogP contribution in [0.3, 0.4) is 0 Å². The lowest BCUT2D eigenvalue weighted by molar-refractivity contribution is 0.120. The Labute approximate surface area is 206 Å². The maximum atomic E-state index is 5.90. The number of nitrogens with zero attached hydrogens (tertiary/aromatic N) is 5. The van der Waals surface area contributed by atoms with E-state index < -0.39 is 0 Å². The second-order valence-electron chi connectivity index (χ2n) is 8.99. The van der Waals surface area contributed by atoms with Gasteiger partial charge in [-0.2, -0.15) is 0 Å². The Morgan fingerprint density at radius 3 is 2.56 bits per heavy atom. The van der Waals surface area contributed by atoms with Crippen LogP contribution in [0.1, 0.15) is 12.3 Å². The molecule has 34 heavy (non-hydrogen) atoms. The smallest absolute Gasteiger partial charge is 0.247 e. The van der Waals surface area contributed by atoms with Crippen LogP contribution in [0, 0.1) is 0 Å². The number of ether oxygens (including phenoxy) is 1. The van der Waals surface area contributed by atoms with Crippen LogP contribution in [0.15, 0.2) is 59.0 Å². The van der Waals surface area contributed by atoms with Crippen molar-refractivity contribution < 1.29 is 9.15 Å². The molecule has 180 valence electrons. The fourth-order valence-corrected chi connectivity index (χ4v) is 5.24. The Morgan fingerprint density at radius 2 is 1.76 bits per heavy atom. The van der Waals surface area contributed by atoms with Crippen LogP contribution >= 0.6 is 11.8 Å². The first-order valence-electron chi connectivity index (χ1n) is 12.1. The molecule has 3 heterocycles. The summed E-state index contributed by atoms with van der Waals surface area (Å²) in [5.74, 6) is 3.69. The van der Waals surface area contributed by atoms with E-state index in [1.54, 1.807) is 11.8 Å².